The molecule has 0 aliphatic heterocycles. The second kappa shape index (κ2) is 8.99. The molecule has 0 N–H and O–H groups in total. The number of carbonyl (C=O) groups is 1. The van der Waals surface area contributed by atoms with Crippen LogP contribution >= 0.6 is 0 Å². The van der Waals surface area contributed by atoms with Crippen molar-refractivity contribution < 1.29 is 4.79 Å². The number of nitrogens with zero attached hydrogens (tertiary/aromatic N) is 1. The van der Waals surface area contributed by atoms with Crippen LogP contribution in [0, 0.1) is 12.8 Å². The smallest absolute Gasteiger partial charge is 0.164 e. The van der Waals surface area contributed by atoms with E-state index in [-0.39, 0.29) is 5.78 Å². The van der Waals surface area contributed by atoms with Crippen molar-refractivity contribution in [2.75, 3.05) is 13.1 Å². The van der Waals surface area contributed by atoms with Crippen LogP contribution in [0.15, 0.2) is 24.3 Å². The van der Waals surface area contributed by atoms with Crippen molar-refractivity contribution in [3.05, 3.63) is 35.4 Å². The topological polar surface area (TPSA) is 20.3 Å². The molecule has 1 aromatic carbocycles. The van der Waals surface area contributed by atoms with Crippen molar-refractivity contribution in [2.24, 2.45) is 5.92 Å². The van der Waals surface area contributed by atoms with Gasteiger partial charge < -0.3 is 0 Å². The van der Waals surface area contributed by atoms with Crippen LogP contribution in [-0.2, 0) is 0 Å². The molecule has 118 valence electrons. The summed E-state index contributed by atoms with van der Waals surface area (Å²) in [5.41, 5.74) is 1.96. The summed E-state index contributed by atoms with van der Waals surface area (Å²) in [6, 6.07) is 8.49. The third-order valence-electron chi connectivity index (χ3n) is 4.13. The highest BCUT2D eigenvalue weighted by atomic mass is 16.1. The Labute approximate surface area is 130 Å². The van der Waals surface area contributed by atoms with E-state index in [1.54, 1.807) is 0 Å². The van der Waals surface area contributed by atoms with Gasteiger partial charge in [-0.3, -0.25) is 9.69 Å². The summed E-state index contributed by atoms with van der Waals surface area (Å²) in [7, 11) is 0. The van der Waals surface area contributed by atoms with Gasteiger partial charge in [0.05, 0.1) is 0 Å². The first-order valence-corrected chi connectivity index (χ1v) is 8.32. The molecular formula is C19H31NO. The molecule has 1 rings (SSSR count). The molecule has 2 heteroatoms. The summed E-state index contributed by atoms with van der Waals surface area (Å²) in [5, 5.41) is 0. The maximum absolute atomic E-state index is 12.4. The molecule has 0 aliphatic rings. The number of carbonyl (C=O) groups excluding carboxylic acids is 1. The number of aryl methyl sites for hydroxylation is 1. The molecule has 0 atom stereocenters. The van der Waals surface area contributed by atoms with Crippen LogP contribution in [0.4, 0.5) is 0 Å². The minimum atomic E-state index is 0.271. The average Bonchev–Trinajstić information content (AvgIpc) is 2.45. The highest BCUT2D eigenvalue weighted by Gasteiger charge is 2.18. The summed E-state index contributed by atoms with van der Waals surface area (Å²) in [6.45, 7) is 12.9. The van der Waals surface area contributed by atoms with E-state index < -0.39 is 0 Å². The fraction of sp³-hybridized carbons (Fsp3) is 0.632. The second-order valence-electron chi connectivity index (χ2n) is 6.35. The predicted octanol–water partition coefficient (Wildman–Crippen LogP) is 4.71. The van der Waals surface area contributed by atoms with Crippen molar-refractivity contribution in [2.45, 2.75) is 59.9 Å². The zero-order valence-corrected chi connectivity index (χ0v) is 14.4. The normalized spacial score (nSPS) is 11.6. The van der Waals surface area contributed by atoms with Gasteiger partial charge in [0.15, 0.2) is 5.78 Å². The number of ketones is 1. The number of hydrogen-bond acceptors (Lipinski definition) is 2. The molecule has 0 fully saturated rings. The van der Waals surface area contributed by atoms with Crippen LogP contribution < -0.4 is 0 Å². The largest absolute Gasteiger partial charge is 0.300 e. The lowest BCUT2D eigenvalue weighted by Gasteiger charge is -2.31. The molecule has 0 radical (unpaired) electrons. The molecule has 0 saturated heterocycles. The number of hydrogen-bond donors (Lipinski definition) is 0. The van der Waals surface area contributed by atoms with E-state index in [1.165, 1.54) is 0 Å². The molecular weight excluding hydrogens is 258 g/mol. The number of benzene rings is 1. The Bertz CT molecular complexity index is 435. The van der Waals surface area contributed by atoms with Crippen molar-refractivity contribution in [1.82, 2.24) is 4.90 Å². The third kappa shape index (κ3) is 5.62. The minimum absolute atomic E-state index is 0.271. The van der Waals surface area contributed by atoms with E-state index in [1.807, 2.05) is 31.2 Å². The Hall–Kier alpha value is -1.15. The average molecular weight is 289 g/mol. The highest BCUT2D eigenvalue weighted by molar-refractivity contribution is 5.97. The Kier molecular flexibility index (Phi) is 7.66. The summed E-state index contributed by atoms with van der Waals surface area (Å²) < 4.78 is 0. The van der Waals surface area contributed by atoms with E-state index in [0.717, 1.165) is 37.1 Å². The standard InChI is InChI=1S/C19H31NO/c1-6-17(7-2)20(14-15(3)4)13-12-19(21)18-11-9-8-10-16(18)5/h8-11,15,17H,6-7,12-14H2,1-5H3. The molecule has 0 bridgehead atoms. The van der Waals surface area contributed by atoms with Crippen molar-refractivity contribution in [3.8, 4) is 0 Å². The molecule has 2 nitrogen and oxygen atoms in total. The Morgan fingerprint density at radius 2 is 1.76 bits per heavy atom. The van der Waals surface area contributed by atoms with Crippen molar-refractivity contribution in [3.63, 3.8) is 0 Å². The van der Waals surface area contributed by atoms with Gasteiger partial charge in [-0.2, -0.15) is 0 Å². The van der Waals surface area contributed by atoms with Crippen molar-refractivity contribution in [1.29, 1.82) is 0 Å². The molecule has 21 heavy (non-hydrogen) atoms. The van der Waals surface area contributed by atoms with Gasteiger partial charge in [-0.05, 0) is 31.2 Å². The van der Waals surface area contributed by atoms with E-state index in [2.05, 4.69) is 32.6 Å². The second-order valence-corrected chi connectivity index (χ2v) is 6.35. The lowest BCUT2D eigenvalue weighted by Crippen LogP contribution is -2.38. The summed E-state index contributed by atoms with van der Waals surface area (Å²) >= 11 is 0. The number of Topliss-reactive ketones (excluding diaryl/α,β-unsaturated/α-hetero) is 1. The van der Waals surface area contributed by atoms with E-state index in [9.17, 15) is 4.79 Å². The van der Waals surface area contributed by atoms with Crippen LogP contribution in [0.25, 0.3) is 0 Å². The first-order valence-electron chi connectivity index (χ1n) is 8.32. The highest BCUT2D eigenvalue weighted by Crippen LogP contribution is 2.15. The maximum atomic E-state index is 12.4. The minimum Gasteiger partial charge on any atom is -0.300 e. The number of rotatable bonds is 9. The molecule has 0 amide bonds. The Balaban J connectivity index is 2.68. The van der Waals surface area contributed by atoms with E-state index in [4.69, 9.17) is 0 Å². The molecule has 0 aromatic heterocycles. The Morgan fingerprint density at radius 3 is 2.29 bits per heavy atom. The van der Waals surface area contributed by atoms with Crippen LogP contribution in [0.1, 0.15) is 62.9 Å². The molecule has 0 heterocycles. The van der Waals surface area contributed by atoms with Gasteiger partial charge in [0.25, 0.3) is 0 Å². The zero-order chi connectivity index (χ0) is 15.8. The first-order chi connectivity index (χ1) is 9.99. The van der Waals surface area contributed by atoms with E-state index >= 15 is 0 Å². The summed E-state index contributed by atoms with van der Waals surface area (Å²) in [5.74, 6) is 0.909. The van der Waals surface area contributed by atoms with Crippen LogP contribution in [0.2, 0.25) is 0 Å². The van der Waals surface area contributed by atoms with Gasteiger partial charge in [0.2, 0.25) is 0 Å². The fourth-order valence-corrected chi connectivity index (χ4v) is 2.96. The van der Waals surface area contributed by atoms with Crippen LogP contribution in [0.3, 0.4) is 0 Å². The quantitative estimate of drug-likeness (QED) is 0.613. The lowest BCUT2D eigenvalue weighted by molar-refractivity contribution is 0.0936. The van der Waals surface area contributed by atoms with Gasteiger partial charge in [-0.25, -0.2) is 0 Å². The predicted molar refractivity (Wildman–Crippen MR) is 90.9 cm³/mol. The zero-order valence-electron chi connectivity index (χ0n) is 14.4. The van der Waals surface area contributed by atoms with Crippen molar-refractivity contribution >= 4 is 5.78 Å². The molecule has 0 aliphatic carbocycles. The molecule has 0 saturated carbocycles. The fourth-order valence-electron chi connectivity index (χ4n) is 2.96. The SMILES string of the molecule is CCC(CC)N(CCC(=O)c1ccccc1C)CC(C)C. The Morgan fingerprint density at radius 1 is 1.14 bits per heavy atom. The van der Waals surface area contributed by atoms with Crippen LogP contribution in [0.5, 0.6) is 0 Å². The molecule has 0 unspecified atom stereocenters. The van der Waals surface area contributed by atoms with E-state index in [0.29, 0.717) is 18.4 Å². The molecule has 1 aromatic rings. The summed E-state index contributed by atoms with van der Waals surface area (Å²) in [6.07, 6.45) is 2.93. The summed E-state index contributed by atoms with van der Waals surface area (Å²) in [4.78, 5) is 14.9. The van der Waals surface area contributed by atoms with Gasteiger partial charge >= 0.3 is 0 Å². The third-order valence-corrected chi connectivity index (χ3v) is 4.13. The van der Waals surface area contributed by atoms with Gasteiger partial charge in [0.1, 0.15) is 0 Å². The van der Waals surface area contributed by atoms with Gasteiger partial charge in [-0.15, -0.1) is 0 Å². The van der Waals surface area contributed by atoms with Crippen LogP contribution in [-0.4, -0.2) is 29.8 Å². The van der Waals surface area contributed by atoms with Gasteiger partial charge in [-0.1, -0.05) is 52.0 Å². The lowest BCUT2D eigenvalue weighted by atomic mass is 10.0. The maximum Gasteiger partial charge on any atom is 0.164 e. The monoisotopic (exact) mass is 289 g/mol. The molecule has 0 spiro atoms. The van der Waals surface area contributed by atoms with Gasteiger partial charge in [0, 0.05) is 31.1 Å². The first kappa shape index (κ1) is 17.9.